The normalized spacial score (nSPS) is 10.1. The molecule has 11 heteroatoms. The monoisotopic (exact) mass is 341 g/mol. The number of benzene rings is 1. The smallest absolute Gasteiger partial charge is 0.411 e. The summed E-state index contributed by atoms with van der Waals surface area (Å²) in [6.45, 7) is 3.01. The van der Waals surface area contributed by atoms with Gasteiger partial charge in [0.25, 0.3) is 0 Å². The van der Waals surface area contributed by atoms with Crippen LogP contribution in [0, 0.1) is 20.2 Å². The van der Waals surface area contributed by atoms with Gasteiger partial charge >= 0.3 is 23.4 Å². The van der Waals surface area contributed by atoms with Crippen LogP contribution in [0.15, 0.2) is 18.2 Å². The number of nitrogens with zero attached hydrogens (tertiary/aromatic N) is 2. The summed E-state index contributed by atoms with van der Waals surface area (Å²) in [7, 11) is 0. The van der Waals surface area contributed by atoms with E-state index in [1.165, 1.54) is 6.07 Å². The molecular weight excluding hydrogens is 326 g/mol. The molecule has 0 spiro atoms. The fourth-order valence-electron chi connectivity index (χ4n) is 1.67. The minimum absolute atomic E-state index is 0.192. The van der Waals surface area contributed by atoms with Gasteiger partial charge in [-0.25, -0.2) is 4.79 Å². The molecule has 0 radical (unpaired) electrons. The highest BCUT2D eigenvalue weighted by atomic mass is 16.6. The first kappa shape index (κ1) is 18.8. The number of nitro benzene ring substituents is 2. The summed E-state index contributed by atoms with van der Waals surface area (Å²) in [5, 5.41) is 23.8. The van der Waals surface area contributed by atoms with Crippen LogP contribution >= 0.6 is 0 Å². The summed E-state index contributed by atoms with van der Waals surface area (Å²) >= 11 is 0. The maximum absolute atomic E-state index is 11.6. The lowest BCUT2D eigenvalue weighted by Gasteiger charge is -2.09. The first-order valence-corrected chi connectivity index (χ1v) is 6.77. The average Bonchev–Trinajstić information content (AvgIpc) is 2.45. The first-order valence-electron chi connectivity index (χ1n) is 6.77. The molecule has 0 aliphatic carbocycles. The summed E-state index contributed by atoms with van der Waals surface area (Å²) in [4.78, 5) is 42.7. The van der Waals surface area contributed by atoms with Crippen LogP contribution in [0.3, 0.4) is 0 Å². The molecule has 0 aliphatic heterocycles. The van der Waals surface area contributed by atoms with E-state index in [9.17, 15) is 29.8 Å². The Balaban J connectivity index is 2.71. The number of hydrogen-bond donors (Lipinski definition) is 1. The molecule has 1 amide bonds. The van der Waals surface area contributed by atoms with Crippen molar-refractivity contribution in [1.29, 1.82) is 0 Å². The molecule has 0 fully saturated rings. The highest BCUT2D eigenvalue weighted by Gasteiger charge is 2.29. The minimum Gasteiger partial charge on any atom is -0.463 e. The molecule has 0 aliphatic rings. The molecule has 0 atom stereocenters. The molecule has 0 saturated carbocycles. The van der Waals surface area contributed by atoms with Gasteiger partial charge in [0.1, 0.15) is 12.3 Å². The van der Waals surface area contributed by atoms with Gasteiger partial charge < -0.3 is 9.47 Å². The molecule has 11 nitrogen and oxygen atoms in total. The van der Waals surface area contributed by atoms with Crippen molar-refractivity contribution in [3.05, 3.63) is 38.4 Å². The van der Waals surface area contributed by atoms with Gasteiger partial charge in [-0.15, -0.1) is 0 Å². The molecule has 0 heterocycles. The Morgan fingerprint density at radius 3 is 2.42 bits per heavy atom. The lowest BCUT2D eigenvalue weighted by Crippen LogP contribution is -2.19. The lowest BCUT2D eigenvalue weighted by molar-refractivity contribution is -0.421. The van der Waals surface area contributed by atoms with Crippen LogP contribution in [0.25, 0.3) is 0 Å². The highest BCUT2D eigenvalue weighted by molar-refractivity contribution is 5.89. The third-order valence-electron chi connectivity index (χ3n) is 2.54. The predicted molar refractivity (Wildman–Crippen MR) is 80.6 cm³/mol. The second-order valence-corrected chi connectivity index (χ2v) is 4.74. The standard InChI is InChI=1S/C13H15N3O8/c1-8(2)24-11(17)6-7-23-13(18)14-9-4-3-5-10(15(19)20)12(9)16(21)22/h3-5,8H,6-7H2,1-2H3,(H,14,18). The molecule has 0 saturated heterocycles. The van der Waals surface area contributed by atoms with Gasteiger partial charge in [0.2, 0.25) is 0 Å². The van der Waals surface area contributed by atoms with Gasteiger partial charge in [0.05, 0.1) is 22.4 Å². The number of anilines is 1. The molecule has 0 bridgehead atoms. The van der Waals surface area contributed by atoms with E-state index in [0.717, 1.165) is 12.1 Å². The van der Waals surface area contributed by atoms with Crippen molar-refractivity contribution in [3.63, 3.8) is 0 Å². The van der Waals surface area contributed by atoms with E-state index < -0.39 is 33.3 Å². The van der Waals surface area contributed by atoms with E-state index in [1.807, 2.05) is 5.32 Å². The van der Waals surface area contributed by atoms with Crippen LogP contribution in [0.2, 0.25) is 0 Å². The Bertz CT molecular complexity index is 659. The summed E-state index contributed by atoms with van der Waals surface area (Å²) in [5.41, 5.74) is -2.01. The van der Waals surface area contributed by atoms with E-state index in [4.69, 9.17) is 4.74 Å². The van der Waals surface area contributed by atoms with E-state index in [2.05, 4.69) is 4.74 Å². The maximum Gasteiger partial charge on any atom is 0.411 e. The summed E-state index contributed by atoms with van der Waals surface area (Å²) in [6.07, 6.45) is -1.59. The molecule has 0 unspecified atom stereocenters. The summed E-state index contributed by atoms with van der Waals surface area (Å²) in [6, 6.07) is 3.25. The fourth-order valence-corrected chi connectivity index (χ4v) is 1.67. The predicted octanol–water partition coefficient (Wildman–Crippen LogP) is 2.39. The minimum atomic E-state index is -1.09. The van der Waals surface area contributed by atoms with Crippen LogP contribution in [-0.2, 0) is 14.3 Å². The third kappa shape index (κ3) is 5.51. The second-order valence-electron chi connectivity index (χ2n) is 4.74. The van der Waals surface area contributed by atoms with Crippen LogP contribution < -0.4 is 5.32 Å². The molecule has 0 aromatic heterocycles. The number of nitrogens with one attached hydrogen (secondary N) is 1. The number of para-hydroxylation sites is 1. The SMILES string of the molecule is CC(C)OC(=O)CCOC(=O)Nc1cccc([N+](=O)[O-])c1[N+](=O)[O-]. The van der Waals surface area contributed by atoms with Crippen molar-refractivity contribution in [1.82, 2.24) is 0 Å². The van der Waals surface area contributed by atoms with Gasteiger partial charge in [0, 0.05) is 6.07 Å². The van der Waals surface area contributed by atoms with Crippen LogP contribution in [0.5, 0.6) is 0 Å². The van der Waals surface area contributed by atoms with Crippen molar-refractivity contribution in [2.45, 2.75) is 26.4 Å². The Morgan fingerprint density at radius 2 is 1.88 bits per heavy atom. The van der Waals surface area contributed by atoms with E-state index in [0.29, 0.717) is 0 Å². The van der Waals surface area contributed by atoms with Crippen LogP contribution in [-0.4, -0.2) is 34.6 Å². The van der Waals surface area contributed by atoms with Crippen molar-refractivity contribution >= 4 is 29.1 Å². The average molecular weight is 341 g/mol. The molecule has 1 rings (SSSR count). The van der Waals surface area contributed by atoms with Crippen LogP contribution in [0.1, 0.15) is 20.3 Å². The largest absolute Gasteiger partial charge is 0.463 e. The van der Waals surface area contributed by atoms with E-state index in [1.54, 1.807) is 13.8 Å². The molecule has 1 aromatic carbocycles. The number of rotatable bonds is 7. The number of ether oxygens (including phenoxy) is 2. The van der Waals surface area contributed by atoms with Crippen LogP contribution in [0.4, 0.5) is 21.9 Å². The number of carbonyl (C=O) groups excluding carboxylic acids is 2. The second kappa shape index (κ2) is 8.41. The van der Waals surface area contributed by atoms with Gasteiger partial charge in [-0.2, -0.15) is 0 Å². The number of amides is 1. The third-order valence-corrected chi connectivity index (χ3v) is 2.54. The fraction of sp³-hybridized carbons (Fsp3) is 0.385. The zero-order valence-corrected chi connectivity index (χ0v) is 12.9. The van der Waals surface area contributed by atoms with Crippen molar-refractivity contribution in [3.8, 4) is 0 Å². The zero-order valence-electron chi connectivity index (χ0n) is 12.9. The number of esters is 1. The zero-order chi connectivity index (χ0) is 18.3. The van der Waals surface area contributed by atoms with Crippen molar-refractivity contribution in [2.75, 3.05) is 11.9 Å². The Labute approximate surface area is 135 Å². The Kier molecular flexibility index (Phi) is 6.59. The van der Waals surface area contributed by atoms with Gasteiger partial charge in [-0.3, -0.25) is 30.3 Å². The maximum atomic E-state index is 11.6. The van der Waals surface area contributed by atoms with Gasteiger partial charge in [0.15, 0.2) is 0 Å². The Morgan fingerprint density at radius 1 is 1.21 bits per heavy atom. The number of carbonyl (C=O) groups is 2. The summed E-state index contributed by atoms with van der Waals surface area (Å²) in [5.74, 6) is -0.570. The van der Waals surface area contributed by atoms with E-state index in [-0.39, 0.29) is 24.8 Å². The van der Waals surface area contributed by atoms with Crippen molar-refractivity contribution < 1.29 is 28.9 Å². The molecule has 1 aromatic rings. The van der Waals surface area contributed by atoms with E-state index >= 15 is 0 Å². The molecule has 1 N–H and O–H groups in total. The number of hydrogen-bond acceptors (Lipinski definition) is 8. The quantitative estimate of drug-likeness (QED) is 0.451. The molecule has 24 heavy (non-hydrogen) atoms. The molecule has 130 valence electrons. The first-order chi connectivity index (χ1) is 11.2. The lowest BCUT2D eigenvalue weighted by atomic mass is 10.2. The Hall–Kier alpha value is -3.24. The topological polar surface area (TPSA) is 151 Å². The number of nitro groups is 2. The van der Waals surface area contributed by atoms with Gasteiger partial charge in [-0.1, -0.05) is 6.07 Å². The van der Waals surface area contributed by atoms with Crippen molar-refractivity contribution in [2.24, 2.45) is 0 Å². The van der Waals surface area contributed by atoms with Gasteiger partial charge in [-0.05, 0) is 19.9 Å². The highest BCUT2D eigenvalue weighted by Crippen LogP contribution is 2.34. The molecular formula is C13H15N3O8. The summed E-state index contributed by atoms with van der Waals surface area (Å²) < 4.78 is 9.52.